The van der Waals surface area contributed by atoms with E-state index in [1.54, 1.807) is 25.3 Å². The minimum Gasteiger partial charge on any atom is -0.500 e. The second-order valence-corrected chi connectivity index (χ2v) is 10.6. The molecule has 0 radical (unpaired) electrons. The molecule has 1 aromatic carbocycles. The van der Waals surface area contributed by atoms with Crippen LogP contribution in [-0.4, -0.2) is 87.4 Å². The maximum absolute atomic E-state index is 14.2. The molecule has 1 aromatic heterocycles. The van der Waals surface area contributed by atoms with Crippen molar-refractivity contribution in [2.45, 2.75) is 50.8 Å². The van der Waals surface area contributed by atoms with Crippen LogP contribution in [0.3, 0.4) is 0 Å². The first-order valence-corrected chi connectivity index (χ1v) is 13.7. The fraction of sp³-hybridized carbons (Fsp3) is 0.433. The molecule has 5 rings (SSSR count). The number of H-pyrrole nitrogens is 1. The highest BCUT2D eigenvalue weighted by Gasteiger charge is 2.52. The number of nitrogens with one attached hydrogen (secondary N) is 1. The number of amides is 3. The number of aromatic nitrogens is 2. The Labute approximate surface area is 234 Å². The van der Waals surface area contributed by atoms with Gasteiger partial charge in [-0.05, 0) is 56.0 Å². The number of ether oxygens (including phenoxy) is 2. The molecular formula is C30H37N5O5. The fourth-order valence-corrected chi connectivity index (χ4v) is 5.91. The minimum absolute atomic E-state index is 0.0598. The van der Waals surface area contributed by atoms with Crippen molar-refractivity contribution in [3.63, 3.8) is 0 Å². The van der Waals surface area contributed by atoms with Gasteiger partial charge in [0.25, 0.3) is 5.91 Å². The van der Waals surface area contributed by atoms with E-state index in [9.17, 15) is 14.7 Å². The highest BCUT2D eigenvalue weighted by Crippen LogP contribution is 2.40. The fourth-order valence-electron chi connectivity index (χ4n) is 5.91. The lowest BCUT2D eigenvalue weighted by atomic mass is 9.86. The van der Waals surface area contributed by atoms with E-state index >= 15 is 0 Å². The number of carbonyl (C=O) groups excluding carboxylic acids is 2. The molecule has 3 heterocycles. The molecule has 40 heavy (non-hydrogen) atoms. The number of allylic oxidation sites excluding steroid dienone is 5. The Kier molecular flexibility index (Phi) is 7.97. The molecule has 2 aliphatic heterocycles. The number of hydrogen-bond acceptors (Lipinski definition) is 6. The van der Waals surface area contributed by atoms with Crippen LogP contribution < -0.4 is 4.74 Å². The van der Waals surface area contributed by atoms with Crippen molar-refractivity contribution in [2.24, 2.45) is 0 Å². The number of piperidine rings is 1. The maximum atomic E-state index is 14.2. The highest BCUT2D eigenvalue weighted by atomic mass is 16.5. The normalized spacial score (nSPS) is 23.9. The van der Waals surface area contributed by atoms with E-state index < -0.39 is 11.6 Å². The summed E-state index contributed by atoms with van der Waals surface area (Å²) in [5.41, 5.74) is 3.23. The number of nitrogens with zero attached hydrogens (tertiary/aromatic N) is 4. The number of urea groups is 1. The zero-order chi connectivity index (χ0) is 28.3. The van der Waals surface area contributed by atoms with Crippen molar-refractivity contribution in [1.29, 1.82) is 0 Å². The van der Waals surface area contributed by atoms with Crippen LogP contribution in [0.25, 0.3) is 5.57 Å². The van der Waals surface area contributed by atoms with Crippen LogP contribution in [0.1, 0.15) is 43.7 Å². The summed E-state index contributed by atoms with van der Waals surface area (Å²) in [5.74, 6) is 1.34. The molecule has 1 aliphatic carbocycles. The number of aliphatic hydroxyl groups excluding tert-OH is 1. The SMILES string of the molecule is CO/C1=C(c2cn[nH]c2)/C=C\C(N2CC3(CCN(C(=O)C(C)O)CC3)N(Cc3cccc(OC)c3)C2=O)=C/CC1. The first kappa shape index (κ1) is 27.5. The summed E-state index contributed by atoms with van der Waals surface area (Å²) in [6.45, 7) is 3.42. The first-order chi connectivity index (χ1) is 19.3. The zero-order valence-corrected chi connectivity index (χ0v) is 23.3. The van der Waals surface area contributed by atoms with E-state index in [4.69, 9.17) is 9.47 Å². The van der Waals surface area contributed by atoms with Crippen molar-refractivity contribution < 1.29 is 24.2 Å². The van der Waals surface area contributed by atoms with Crippen molar-refractivity contribution in [1.82, 2.24) is 24.9 Å². The lowest BCUT2D eigenvalue weighted by Gasteiger charge is -2.44. The second kappa shape index (κ2) is 11.6. The Bertz CT molecular complexity index is 1320. The summed E-state index contributed by atoms with van der Waals surface area (Å²) in [4.78, 5) is 32.2. The van der Waals surface area contributed by atoms with E-state index in [0.717, 1.165) is 33.9 Å². The molecule has 212 valence electrons. The molecule has 1 spiro atoms. The molecule has 10 nitrogen and oxygen atoms in total. The van der Waals surface area contributed by atoms with Gasteiger partial charge in [-0.1, -0.05) is 18.2 Å². The Balaban J connectivity index is 1.45. The van der Waals surface area contributed by atoms with Gasteiger partial charge in [0.15, 0.2) is 0 Å². The Morgan fingerprint density at radius 1 is 1.20 bits per heavy atom. The third-order valence-corrected chi connectivity index (χ3v) is 8.14. The van der Waals surface area contributed by atoms with Gasteiger partial charge in [-0.15, -0.1) is 0 Å². The van der Waals surface area contributed by atoms with Crippen molar-refractivity contribution >= 4 is 17.5 Å². The monoisotopic (exact) mass is 547 g/mol. The Hall–Kier alpha value is -4.05. The maximum Gasteiger partial charge on any atom is 0.325 e. The number of aromatic amines is 1. The Morgan fingerprint density at radius 2 is 2.00 bits per heavy atom. The second-order valence-electron chi connectivity index (χ2n) is 10.6. The van der Waals surface area contributed by atoms with Gasteiger partial charge in [-0.3, -0.25) is 14.8 Å². The van der Waals surface area contributed by atoms with Crippen molar-refractivity contribution in [3.8, 4) is 5.75 Å². The van der Waals surface area contributed by atoms with Crippen LogP contribution in [0.5, 0.6) is 5.75 Å². The average Bonchev–Trinajstić information content (AvgIpc) is 3.57. The molecule has 0 bridgehead atoms. The lowest BCUT2D eigenvalue weighted by Crippen LogP contribution is -2.56. The molecule has 10 heteroatoms. The summed E-state index contributed by atoms with van der Waals surface area (Å²) in [6.07, 6.45) is 11.3. The molecule has 1 unspecified atom stereocenters. The van der Waals surface area contributed by atoms with E-state index in [0.29, 0.717) is 51.9 Å². The summed E-state index contributed by atoms with van der Waals surface area (Å²) in [7, 11) is 3.31. The van der Waals surface area contributed by atoms with E-state index in [1.807, 2.05) is 52.4 Å². The smallest absolute Gasteiger partial charge is 0.325 e. The van der Waals surface area contributed by atoms with Gasteiger partial charge in [0.2, 0.25) is 0 Å². The number of hydrogen-bond donors (Lipinski definition) is 2. The minimum atomic E-state index is -1.04. The van der Waals surface area contributed by atoms with Crippen molar-refractivity contribution in [3.05, 3.63) is 77.5 Å². The third kappa shape index (κ3) is 5.36. The number of likely N-dealkylation sites (tertiary alicyclic amines) is 1. The molecule has 2 aromatic rings. The molecule has 2 saturated heterocycles. The number of methoxy groups -OCH3 is 2. The molecule has 0 saturated carbocycles. The van der Waals surface area contributed by atoms with Gasteiger partial charge in [0.05, 0.1) is 32.5 Å². The molecule has 3 amide bonds. The Morgan fingerprint density at radius 3 is 2.67 bits per heavy atom. The summed E-state index contributed by atoms with van der Waals surface area (Å²) in [6, 6.07) is 7.72. The van der Waals surface area contributed by atoms with Crippen LogP contribution in [0.2, 0.25) is 0 Å². The van der Waals surface area contributed by atoms with Crippen LogP contribution in [0.4, 0.5) is 4.79 Å². The van der Waals surface area contributed by atoms with Gasteiger partial charge < -0.3 is 24.4 Å². The standard InChI is InChI=1S/C30H37N5O5/c1-21(36)28(37)33-14-12-30(13-15-33)20-34(29(38)35(30)19-22-6-4-8-25(16-22)39-2)24-7-5-9-27(40-3)26(11-10-24)23-17-31-32-18-23/h4,6-8,10-11,16-18,21,36H,5,9,12-15,19-20H2,1-3H3,(H,31,32)/b11-10-,24-7+,27-26-. The number of aliphatic hydroxyl groups is 1. The summed E-state index contributed by atoms with van der Waals surface area (Å²) in [5, 5.41) is 16.8. The molecular weight excluding hydrogens is 510 g/mol. The van der Waals surface area contributed by atoms with Crippen LogP contribution in [0, 0.1) is 0 Å². The highest BCUT2D eigenvalue weighted by molar-refractivity contribution is 5.83. The molecule has 2 N–H and O–H groups in total. The molecule has 2 fully saturated rings. The van der Waals surface area contributed by atoms with E-state index in [2.05, 4.69) is 16.3 Å². The predicted molar refractivity (Wildman–Crippen MR) is 150 cm³/mol. The van der Waals surface area contributed by atoms with Gasteiger partial charge in [0, 0.05) is 49.1 Å². The largest absolute Gasteiger partial charge is 0.500 e. The molecule has 3 aliphatic rings. The van der Waals surface area contributed by atoms with Crippen LogP contribution in [0.15, 0.2) is 66.3 Å². The predicted octanol–water partition coefficient (Wildman–Crippen LogP) is 3.69. The van der Waals surface area contributed by atoms with Crippen molar-refractivity contribution in [2.75, 3.05) is 33.9 Å². The first-order valence-electron chi connectivity index (χ1n) is 13.7. The van der Waals surface area contributed by atoms with Crippen LogP contribution >= 0.6 is 0 Å². The zero-order valence-electron chi connectivity index (χ0n) is 23.3. The number of carbonyl (C=O) groups is 2. The van der Waals surface area contributed by atoms with E-state index in [1.165, 1.54) is 6.92 Å². The van der Waals surface area contributed by atoms with Gasteiger partial charge in [-0.2, -0.15) is 5.10 Å². The quantitative estimate of drug-likeness (QED) is 0.547. The average molecular weight is 548 g/mol. The summed E-state index contributed by atoms with van der Waals surface area (Å²) >= 11 is 0. The summed E-state index contributed by atoms with van der Waals surface area (Å²) < 4.78 is 11.1. The van der Waals surface area contributed by atoms with Gasteiger partial charge in [0.1, 0.15) is 17.6 Å². The lowest BCUT2D eigenvalue weighted by molar-refractivity contribution is -0.141. The topological polar surface area (TPSA) is 111 Å². The van der Waals surface area contributed by atoms with E-state index in [-0.39, 0.29) is 11.9 Å². The van der Waals surface area contributed by atoms with Crippen LogP contribution in [-0.2, 0) is 16.1 Å². The van der Waals surface area contributed by atoms with Gasteiger partial charge in [-0.25, -0.2) is 4.79 Å². The third-order valence-electron chi connectivity index (χ3n) is 8.14. The van der Waals surface area contributed by atoms with Gasteiger partial charge >= 0.3 is 6.03 Å². The molecule has 1 atom stereocenters. The number of rotatable bonds is 7. The number of benzene rings is 1.